The number of anilines is 4. The zero-order valence-corrected chi connectivity index (χ0v) is 16.1. The average Bonchev–Trinajstić information content (AvgIpc) is 2.59. The molecule has 0 unspecified atom stereocenters. The fraction of sp³-hybridized carbons (Fsp3) is 0.421. The van der Waals surface area contributed by atoms with Crippen LogP contribution in [0.25, 0.3) is 0 Å². The number of hydrogen-bond acceptors (Lipinski definition) is 6. The van der Waals surface area contributed by atoms with Crippen molar-refractivity contribution in [2.45, 2.75) is 33.2 Å². The van der Waals surface area contributed by atoms with Gasteiger partial charge in [-0.3, -0.25) is 10.1 Å². The molecule has 0 spiro atoms. The van der Waals surface area contributed by atoms with E-state index in [0.29, 0.717) is 24.6 Å². The summed E-state index contributed by atoms with van der Waals surface area (Å²) in [6.07, 6.45) is 0. The van der Waals surface area contributed by atoms with Crippen LogP contribution in [0.2, 0.25) is 0 Å². The van der Waals surface area contributed by atoms with Gasteiger partial charge in [-0.2, -0.15) is 0 Å². The Labute approximate surface area is 158 Å². The number of benzene rings is 1. The van der Waals surface area contributed by atoms with E-state index >= 15 is 0 Å². The summed E-state index contributed by atoms with van der Waals surface area (Å²) in [5, 5.41) is 17.5. The number of rotatable bonds is 8. The Balaban J connectivity index is 2.26. The van der Waals surface area contributed by atoms with Crippen molar-refractivity contribution in [3.63, 3.8) is 0 Å². The number of halogens is 1. The molecule has 1 aromatic heterocycles. The molecule has 2 rings (SSSR count). The number of nitrogens with one attached hydrogen (secondary N) is 2. The topological polar surface area (TPSA) is 83.3 Å². The molecule has 0 atom stereocenters. The molecule has 0 bridgehead atoms. The molecule has 27 heavy (non-hydrogen) atoms. The van der Waals surface area contributed by atoms with Crippen LogP contribution in [-0.2, 0) is 0 Å². The zero-order valence-electron chi connectivity index (χ0n) is 16.1. The van der Waals surface area contributed by atoms with Crippen LogP contribution in [0.3, 0.4) is 0 Å². The van der Waals surface area contributed by atoms with Crippen molar-refractivity contribution >= 4 is 28.7 Å². The number of alkyl halides is 1. The van der Waals surface area contributed by atoms with Crippen molar-refractivity contribution in [3.8, 4) is 0 Å². The minimum atomic E-state index is -0.468. The van der Waals surface area contributed by atoms with Crippen LogP contribution in [-0.4, -0.2) is 35.2 Å². The van der Waals surface area contributed by atoms with E-state index in [4.69, 9.17) is 0 Å². The van der Waals surface area contributed by atoms with E-state index in [1.807, 2.05) is 44.7 Å². The second kappa shape index (κ2) is 8.66. The molecule has 0 saturated carbocycles. The van der Waals surface area contributed by atoms with Crippen LogP contribution < -0.4 is 15.5 Å². The Kier molecular flexibility index (Phi) is 6.55. The predicted molar refractivity (Wildman–Crippen MR) is 108 cm³/mol. The van der Waals surface area contributed by atoms with E-state index in [1.54, 1.807) is 18.2 Å². The highest BCUT2D eigenvalue weighted by Gasteiger charge is 2.18. The first kappa shape index (κ1) is 20.4. The Morgan fingerprint density at radius 3 is 2.37 bits per heavy atom. The van der Waals surface area contributed by atoms with Gasteiger partial charge in [0.05, 0.1) is 4.92 Å². The van der Waals surface area contributed by atoms with Gasteiger partial charge in [-0.25, -0.2) is 9.37 Å². The maximum atomic E-state index is 12.6. The predicted octanol–water partition coefficient (Wildman–Crippen LogP) is 4.74. The molecule has 2 N–H and O–H groups in total. The molecule has 0 aliphatic rings. The lowest BCUT2D eigenvalue weighted by Crippen LogP contribution is -2.26. The molecule has 2 aromatic rings. The maximum absolute atomic E-state index is 12.6. The molecule has 0 radical (unpaired) electrons. The quantitative estimate of drug-likeness (QED) is 0.512. The van der Waals surface area contributed by atoms with Crippen molar-refractivity contribution in [3.05, 3.63) is 46.5 Å². The summed E-state index contributed by atoms with van der Waals surface area (Å²) < 4.78 is 12.6. The molecule has 7 nitrogen and oxygen atoms in total. The lowest BCUT2D eigenvalue weighted by molar-refractivity contribution is -0.384. The van der Waals surface area contributed by atoms with Gasteiger partial charge in [-0.1, -0.05) is 0 Å². The molecule has 0 amide bonds. The Hall–Kier alpha value is -2.90. The first-order valence-electron chi connectivity index (χ1n) is 8.85. The second-order valence-corrected chi connectivity index (χ2v) is 7.14. The highest BCUT2D eigenvalue weighted by atomic mass is 19.1. The zero-order chi connectivity index (χ0) is 20.0. The summed E-state index contributed by atoms with van der Waals surface area (Å²) in [4.78, 5) is 17.1. The minimum Gasteiger partial charge on any atom is -0.369 e. The van der Waals surface area contributed by atoms with E-state index in [2.05, 4.69) is 15.6 Å². The summed E-state index contributed by atoms with van der Waals surface area (Å²) in [5.74, 6) is 0.713. The number of nitrogens with zero attached hydrogens (tertiary/aromatic N) is 3. The summed E-state index contributed by atoms with van der Waals surface area (Å²) in [7, 11) is 0. The number of aromatic nitrogens is 1. The lowest BCUT2D eigenvalue weighted by Gasteiger charge is -2.22. The Morgan fingerprint density at radius 1 is 1.19 bits per heavy atom. The van der Waals surface area contributed by atoms with E-state index in [1.165, 1.54) is 6.07 Å². The molecule has 1 heterocycles. The van der Waals surface area contributed by atoms with Crippen LogP contribution in [0.4, 0.5) is 33.1 Å². The van der Waals surface area contributed by atoms with Crippen molar-refractivity contribution in [1.29, 1.82) is 0 Å². The third-order valence-electron chi connectivity index (χ3n) is 3.81. The number of hydrogen-bond donors (Lipinski definition) is 2. The van der Waals surface area contributed by atoms with Gasteiger partial charge < -0.3 is 15.5 Å². The Morgan fingerprint density at radius 2 is 1.85 bits per heavy atom. The highest BCUT2D eigenvalue weighted by molar-refractivity contribution is 5.69. The molecule has 1 aromatic carbocycles. The van der Waals surface area contributed by atoms with E-state index in [0.717, 1.165) is 5.69 Å². The van der Waals surface area contributed by atoms with Gasteiger partial charge in [0.2, 0.25) is 5.82 Å². The Bertz CT molecular complexity index is 775. The highest BCUT2D eigenvalue weighted by Crippen LogP contribution is 2.29. The van der Waals surface area contributed by atoms with Crippen molar-refractivity contribution in [2.75, 3.05) is 35.3 Å². The fourth-order valence-corrected chi connectivity index (χ4v) is 2.61. The third-order valence-corrected chi connectivity index (χ3v) is 3.81. The molecule has 146 valence electrons. The molecule has 0 aliphatic heterocycles. The molecule has 0 fully saturated rings. The second-order valence-electron chi connectivity index (χ2n) is 7.14. The molecule has 0 aliphatic carbocycles. The molecule has 8 heteroatoms. The monoisotopic (exact) mass is 375 g/mol. The van der Waals surface area contributed by atoms with Gasteiger partial charge in [0.1, 0.15) is 12.5 Å². The fourth-order valence-electron chi connectivity index (χ4n) is 2.61. The van der Waals surface area contributed by atoms with Crippen LogP contribution in [0, 0.1) is 10.1 Å². The van der Waals surface area contributed by atoms with Gasteiger partial charge in [0, 0.05) is 36.1 Å². The van der Waals surface area contributed by atoms with E-state index < -0.39 is 11.6 Å². The summed E-state index contributed by atoms with van der Waals surface area (Å²) >= 11 is 0. The van der Waals surface area contributed by atoms with Crippen LogP contribution in [0.5, 0.6) is 0 Å². The molecular formula is C19H26FN5O2. The number of nitro groups is 1. The SMILES string of the molecule is CCN(CCF)c1ccc(Nc2nc(NC(C)(C)C)ccc2[N+](=O)[O-])cc1. The van der Waals surface area contributed by atoms with Crippen LogP contribution in [0.15, 0.2) is 36.4 Å². The van der Waals surface area contributed by atoms with Crippen LogP contribution >= 0.6 is 0 Å². The smallest absolute Gasteiger partial charge is 0.311 e. The van der Waals surface area contributed by atoms with Crippen molar-refractivity contribution in [2.24, 2.45) is 0 Å². The first-order chi connectivity index (χ1) is 12.7. The van der Waals surface area contributed by atoms with Crippen LogP contribution in [0.1, 0.15) is 27.7 Å². The van der Waals surface area contributed by atoms with Crippen molar-refractivity contribution in [1.82, 2.24) is 4.98 Å². The first-order valence-corrected chi connectivity index (χ1v) is 8.85. The van der Waals surface area contributed by atoms with Gasteiger partial charge in [-0.05, 0) is 58.0 Å². The maximum Gasteiger partial charge on any atom is 0.311 e. The largest absolute Gasteiger partial charge is 0.369 e. The number of pyridine rings is 1. The minimum absolute atomic E-state index is 0.105. The van der Waals surface area contributed by atoms with Gasteiger partial charge >= 0.3 is 5.69 Å². The van der Waals surface area contributed by atoms with Crippen molar-refractivity contribution < 1.29 is 9.31 Å². The van der Waals surface area contributed by atoms with E-state index in [-0.39, 0.29) is 17.0 Å². The summed E-state index contributed by atoms with van der Waals surface area (Å²) in [6, 6.07) is 10.3. The van der Waals surface area contributed by atoms with Gasteiger partial charge in [0.15, 0.2) is 0 Å². The normalized spacial score (nSPS) is 11.1. The molecular weight excluding hydrogens is 349 g/mol. The molecule has 0 saturated heterocycles. The standard InChI is InChI=1S/C19H26FN5O2/c1-5-24(13-12-20)15-8-6-14(7-9-15)21-18-16(25(26)27)10-11-17(22-18)23-19(2,3)4/h6-11H,5,12-13H2,1-4H3,(H2,21,22,23). The van der Waals surface area contributed by atoms with Gasteiger partial charge in [0.25, 0.3) is 0 Å². The summed E-state index contributed by atoms with van der Waals surface area (Å²) in [5.41, 5.74) is 1.23. The average molecular weight is 375 g/mol. The lowest BCUT2D eigenvalue weighted by atomic mass is 10.1. The van der Waals surface area contributed by atoms with E-state index in [9.17, 15) is 14.5 Å². The third kappa shape index (κ3) is 5.80. The van der Waals surface area contributed by atoms with Gasteiger partial charge in [-0.15, -0.1) is 0 Å². The summed E-state index contributed by atoms with van der Waals surface area (Å²) in [6.45, 7) is 8.53.